The lowest BCUT2D eigenvalue weighted by Crippen LogP contribution is -2.53. The van der Waals surface area contributed by atoms with E-state index in [4.69, 9.17) is 0 Å². The van der Waals surface area contributed by atoms with Crippen LogP contribution >= 0.6 is 0 Å². The van der Waals surface area contributed by atoms with Crippen LogP contribution < -0.4 is 10.6 Å². The van der Waals surface area contributed by atoms with E-state index in [0.29, 0.717) is 0 Å². The molecule has 2 N–H and O–H groups in total. The van der Waals surface area contributed by atoms with Gasteiger partial charge in [-0.3, -0.25) is 4.79 Å². The van der Waals surface area contributed by atoms with E-state index in [0.717, 1.165) is 45.4 Å². The van der Waals surface area contributed by atoms with Gasteiger partial charge in [0, 0.05) is 12.1 Å². The fourth-order valence-electron chi connectivity index (χ4n) is 2.65. The number of amides is 1. The largest absolute Gasteiger partial charge is 0.351 e. The minimum atomic E-state index is 0.0174. The van der Waals surface area contributed by atoms with Crippen molar-refractivity contribution in [3.05, 3.63) is 0 Å². The molecule has 0 bridgehead atoms. The number of nitrogens with zero attached hydrogens (tertiary/aromatic N) is 1. The number of piperidine rings is 1. The van der Waals surface area contributed by atoms with Crippen LogP contribution in [0.5, 0.6) is 0 Å². The maximum Gasteiger partial charge on any atom is 0.224 e. The summed E-state index contributed by atoms with van der Waals surface area (Å²) < 4.78 is 0. The van der Waals surface area contributed by atoms with Gasteiger partial charge in [-0.2, -0.15) is 0 Å². The number of hydrogen-bond donors (Lipinski definition) is 2. The third-order valence-corrected chi connectivity index (χ3v) is 3.89. The molecule has 2 fully saturated rings. The summed E-state index contributed by atoms with van der Waals surface area (Å²) in [5.41, 5.74) is 0.0174. The lowest BCUT2D eigenvalue weighted by Gasteiger charge is -2.35. The Morgan fingerprint density at radius 3 is 2.69 bits per heavy atom. The van der Waals surface area contributed by atoms with Gasteiger partial charge < -0.3 is 15.5 Å². The molecule has 92 valence electrons. The van der Waals surface area contributed by atoms with Gasteiger partial charge in [-0.15, -0.1) is 0 Å². The van der Waals surface area contributed by atoms with Crippen LogP contribution in [-0.2, 0) is 4.79 Å². The Morgan fingerprint density at radius 2 is 2.12 bits per heavy atom. The Balaban J connectivity index is 1.86. The molecular weight excluding hydrogens is 202 g/mol. The smallest absolute Gasteiger partial charge is 0.224 e. The number of carbonyl (C=O) groups excluding carboxylic acids is 1. The summed E-state index contributed by atoms with van der Waals surface area (Å²) in [4.78, 5) is 14.3. The van der Waals surface area contributed by atoms with E-state index in [-0.39, 0.29) is 17.4 Å². The predicted octanol–water partition coefficient (Wildman–Crippen LogP) is 0.196. The molecular formula is C12H23N3O. The maximum absolute atomic E-state index is 12.1. The van der Waals surface area contributed by atoms with Gasteiger partial charge in [0.2, 0.25) is 5.91 Å². The molecule has 0 saturated carbocycles. The molecule has 0 spiro atoms. The molecule has 0 aliphatic carbocycles. The minimum Gasteiger partial charge on any atom is -0.351 e. The van der Waals surface area contributed by atoms with Crippen LogP contribution in [-0.4, -0.2) is 49.6 Å². The van der Waals surface area contributed by atoms with Crippen molar-refractivity contribution in [2.24, 2.45) is 5.92 Å². The molecule has 2 rings (SSSR count). The van der Waals surface area contributed by atoms with E-state index in [1.807, 2.05) is 0 Å². The highest BCUT2D eigenvalue weighted by Crippen LogP contribution is 2.20. The van der Waals surface area contributed by atoms with E-state index in [1.54, 1.807) is 0 Å². The summed E-state index contributed by atoms with van der Waals surface area (Å²) in [5, 5.41) is 6.58. The zero-order valence-corrected chi connectivity index (χ0v) is 10.4. The molecule has 16 heavy (non-hydrogen) atoms. The van der Waals surface area contributed by atoms with Gasteiger partial charge in [0.1, 0.15) is 0 Å². The first-order chi connectivity index (χ1) is 7.59. The fourth-order valence-corrected chi connectivity index (χ4v) is 2.65. The first-order valence-electron chi connectivity index (χ1n) is 6.30. The summed E-state index contributed by atoms with van der Waals surface area (Å²) in [6, 6.07) is 0. The van der Waals surface area contributed by atoms with Crippen molar-refractivity contribution in [1.82, 2.24) is 15.5 Å². The maximum atomic E-state index is 12.1. The molecule has 0 aromatic heterocycles. The summed E-state index contributed by atoms with van der Waals surface area (Å²) >= 11 is 0. The average Bonchev–Trinajstić information content (AvgIpc) is 2.65. The second-order valence-electron chi connectivity index (χ2n) is 5.55. The molecule has 4 heteroatoms. The minimum absolute atomic E-state index is 0.0174. The lowest BCUT2D eigenvalue weighted by atomic mass is 9.89. The Hall–Kier alpha value is -0.610. The normalized spacial score (nSPS) is 30.2. The van der Waals surface area contributed by atoms with Crippen LogP contribution in [0.3, 0.4) is 0 Å². The summed E-state index contributed by atoms with van der Waals surface area (Å²) in [7, 11) is 2.08. The van der Waals surface area contributed by atoms with E-state index in [9.17, 15) is 4.79 Å². The molecule has 1 amide bonds. The Bertz CT molecular complexity index is 261. The second-order valence-corrected chi connectivity index (χ2v) is 5.55. The monoisotopic (exact) mass is 225 g/mol. The summed E-state index contributed by atoms with van der Waals surface area (Å²) in [6.07, 6.45) is 3.10. The van der Waals surface area contributed by atoms with Gasteiger partial charge in [0.15, 0.2) is 0 Å². The number of likely N-dealkylation sites (tertiary alicyclic amines) is 1. The fraction of sp³-hybridized carbons (Fsp3) is 0.917. The van der Waals surface area contributed by atoms with Crippen molar-refractivity contribution < 1.29 is 4.79 Å². The lowest BCUT2D eigenvalue weighted by molar-refractivity contribution is -0.126. The molecule has 2 aliphatic heterocycles. The van der Waals surface area contributed by atoms with Crippen molar-refractivity contribution in [2.75, 3.05) is 33.2 Å². The van der Waals surface area contributed by atoms with Gasteiger partial charge in [-0.05, 0) is 52.9 Å². The van der Waals surface area contributed by atoms with E-state index < -0.39 is 0 Å². The Labute approximate surface area is 97.8 Å². The van der Waals surface area contributed by atoms with Crippen LogP contribution in [0.1, 0.15) is 26.2 Å². The summed E-state index contributed by atoms with van der Waals surface area (Å²) in [6.45, 7) is 6.17. The number of hydrogen-bond acceptors (Lipinski definition) is 3. The highest BCUT2D eigenvalue weighted by Gasteiger charge is 2.33. The molecule has 4 nitrogen and oxygen atoms in total. The molecule has 2 heterocycles. The van der Waals surface area contributed by atoms with Gasteiger partial charge in [-0.1, -0.05) is 0 Å². The van der Waals surface area contributed by atoms with Crippen LogP contribution in [0.15, 0.2) is 0 Å². The zero-order valence-electron chi connectivity index (χ0n) is 10.4. The molecule has 0 aromatic carbocycles. The highest BCUT2D eigenvalue weighted by molar-refractivity contribution is 5.80. The van der Waals surface area contributed by atoms with Gasteiger partial charge in [0.25, 0.3) is 0 Å². The number of rotatable bonds is 2. The van der Waals surface area contributed by atoms with E-state index >= 15 is 0 Å². The average molecular weight is 225 g/mol. The SMILES string of the molecule is CN1CCC(C(=O)NC2(C)CCNCC2)C1. The molecule has 1 atom stereocenters. The van der Waals surface area contributed by atoms with Crippen molar-refractivity contribution in [2.45, 2.75) is 31.7 Å². The zero-order chi connectivity index (χ0) is 11.6. The van der Waals surface area contributed by atoms with Crippen molar-refractivity contribution in [3.63, 3.8) is 0 Å². The van der Waals surface area contributed by atoms with Crippen molar-refractivity contribution >= 4 is 5.91 Å². The second kappa shape index (κ2) is 4.72. The van der Waals surface area contributed by atoms with Crippen molar-refractivity contribution in [3.8, 4) is 0 Å². The topological polar surface area (TPSA) is 44.4 Å². The third-order valence-electron chi connectivity index (χ3n) is 3.89. The number of carbonyl (C=O) groups is 1. The van der Waals surface area contributed by atoms with Crippen molar-refractivity contribution in [1.29, 1.82) is 0 Å². The first kappa shape index (κ1) is 11.9. The predicted molar refractivity (Wildman–Crippen MR) is 64.3 cm³/mol. The standard InChI is InChI=1S/C12H23N3O/c1-12(4-6-13-7-5-12)14-11(16)10-3-8-15(2)9-10/h10,13H,3-9H2,1-2H3,(H,14,16). The van der Waals surface area contributed by atoms with Gasteiger partial charge >= 0.3 is 0 Å². The van der Waals surface area contributed by atoms with E-state index in [1.165, 1.54) is 0 Å². The molecule has 0 radical (unpaired) electrons. The van der Waals surface area contributed by atoms with Crippen LogP contribution in [0.25, 0.3) is 0 Å². The van der Waals surface area contributed by atoms with Crippen LogP contribution in [0.4, 0.5) is 0 Å². The van der Waals surface area contributed by atoms with Crippen LogP contribution in [0, 0.1) is 5.92 Å². The third kappa shape index (κ3) is 2.74. The molecule has 2 saturated heterocycles. The molecule has 2 aliphatic rings. The molecule has 1 unspecified atom stereocenters. The quantitative estimate of drug-likeness (QED) is 0.705. The van der Waals surface area contributed by atoms with Gasteiger partial charge in [0.05, 0.1) is 5.92 Å². The van der Waals surface area contributed by atoms with E-state index in [2.05, 4.69) is 29.5 Å². The summed E-state index contributed by atoms with van der Waals surface area (Å²) in [5.74, 6) is 0.463. The Morgan fingerprint density at radius 1 is 1.44 bits per heavy atom. The highest BCUT2D eigenvalue weighted by atomic mass is 16.2. The molecule has 0 aromatic rings. The first-order valence-corrected chi connectivity index (χ1v) is 6.30. The Kier molecular flexibility index (Phi) is 3.50. The van der Waals surface area contributed by atoms with Gasteiger partial charge in [-0.25, -0.2) is 0 Å². The van der Waals surface area contributed by atoms with Crippen LogP contribution in [0.2, 0.25) is 0 Å². The number of nitrogens with one attached hydrogen (secondary N) is 2.